The highest BCUT2D eigenvalue weighted by atomic mass is 16.5. The lowest BCUT2D eigenvalue weighted by Gasteiger charge is -2.07. The summed E-state index contributed by atoms with van der Waals surface area (Å²) in [4.78, 5) is 22.5. The molecule has 0 bridgehead atoms. The Labute approximate surface area is 87.4 Å². The minimum atomic E-state index is -0.550. The standard InChI is InChI=1S/C10H12N2O3/c1-11-10(14)12-9(13)7-5-3-4-6-8(7)15-2/h3-6H,1-2H3,(H2,11,12,13,14). The van der Waals surface area contributed by atoms with Gasteiger partial charge < -0.3 is 10.1 Å². The number of imide groups is 1. The van der Waals surface area contributed by atoms with Gasteiger partial charge in [0.05, 0.1) is 12.7 Å². The van der Waals surface area contributed by atoms with Crippen molar-refractivity contribution in [1.82, 2.24) is 10.6 Å². The number of ether oxygens (including phenoxy) is 1. The van der Waals surface area contributed by atoms with Gasteiger partial charge in [-0.2, -0.15) is 0 Å². The molecule has 0 spiro atoms. The summed E-state index contributed by atoms with van der Waals surface area (Å²) in [5.74, 6) is -0.0642. The predicted octanol–water partition coefficient (Wildman–Crippen LogP) is 0.764. The Hall–Kier alpha value is -2.04. The lowest BCUT2D eigenvalue weighted by Crippen LogP contribution is -2.37. The second-order valence-electron chi connectivity index (χ2n) is 2.73. The maximum atomic E-state index is 11.5. The van der Waals surface area contributed by atoms with E-state index < -0.39 is 11.9 Å². The second-order valence-corrected chi connectivity index (χ2v) is 2.73. The fourth-order valence-electron chi connectivity index (χ4n) is 1.07. The first kappa shape index (κ1) is 11.0. The molecule has 0 radical (unpaired) electrons. The summed E-state index contributed by atoms with van der Waals surface area (Å²) in [6.07, 6.45) is 0. The molecule has 0 saturated carbocycles. The van der Waals surface area contributed by atoms with Crippen LogP contribution in [0.2, 0.25) is 0 Å². The highest BCUT2D eigenvalue weighted by molar-refractivity contribution is 6.05. The van der Waals surface area contributed by atoms with Crippen LogP contribution in [0.4, 0.5) is 4.79 Å². The topological polar surface area (TPSA) is 67.4 Å². The molecule has 1 rings (SSSR count). The fourth-order valence-corrected chi connectivity index (χ4v) is 1.07. The highest BCUT2D eigenvalue weighted by Gasteiger charge is 2.13. The van der Waals surface area contributed by atoms with Crippen LogP contribution in [-0.2, 0) is 0 Å². The average Bonchev–Trinajstić information content (AvgIpc) is 2.28. The van der Waals surface area contributed by atoms with Crippen molar-refractivity contribution in [2.45, 2.75) is 0 Å². The number of para-hydroxylation sites is 1. The van der Waals surface area contributed by atoms with Crippen molar-refractivity contribution in [2.24, 2.45) is 0 Å². The van der Waals surface area contributed by atoms with E-state index in [0.717, 1.165) is 0 Å². The van der Waals surface area contributed by atoms with Gasteiger partial charge in [0.1, 0.15) is 5.75 Å². The van der Waals surface area contributed by atoms with Gasteiger partial charge in [0.2, 0.25) is 0 Å². The Balaban J connectivity index is 2.86. The predicted molar refractivity (Wildman–Crippen MR) is 54.9 cm³/mol. The van der Waals surface area contributed by atoms with Gasteiger partial charge in [0.25, 0.3) is 5.91 Å². The normalized spacial score (nSPS) is 9.20. The number of urea groups is 1. The van der Waals surface area contributed by atoms with Crippen LogP contribution in [0.15, 0.2) is 24.3 Å². The molecule has 80 valence electrons. The zero-order valence-electron chi connectivity index (χ0n) is 8.53. The maximum absolute atomic E-state index is 11.5. The van der Waals surface area contributed by atoms with Gasteiger partial charge in [0.15, 0.2) is 0 Å². The van der Waals surface area contributed by atoms with Crippen molar-refractivity contribution in [3.05, 3.63) is 29.8 Å². The molecule has 0 aliphatic heterocycles. The van der Waals surface area contributed by atoms with E-state index in [-0.39, 0.29) is 0 Å². The van der Waals surface area contributed by atoms with Crippen LogP contribution in [-0.4, -0.2) is 26.1 Å². The first-order valence-corrected chi connectivity index (χ1v) is 4.35. The minimum Gasteiger partial charge on any atom is -0.496 e. The van der Waals surface area contributed by atoms with Crippen molar-refractivity contribution < 1.29 is 14.3 Å². The van der Waals surface area contributed by atoms with Crippen molar-refractivity contribution in [3.63, 3.8) is 0 Å². The van der Waals surface area contributed by atoms with Crippen LogP contribution in [0.3, 0.4) is 0 Å². The maximum Gasteiger partial charge on any atom is 0.321 e. The molecule has 0 saturated heterocycles. The number of amides is 3. The quantitative estimate of drug-likeness (QED) is 0.754. The number of nitrogens with one attached hydrogen (secondary N) is 2. The summed E-state index contributed by atoms with van der Waals surface area (Å²) < 4.78 is 4.99. The summed E-state index contributed by atoms with van der Waals surface area (Å²) in [7, 11) is 2.90. The van der Waals surface area contributed by atoms with E-state index in [1.165, 1.54) is 14.2 Å². The van der Waals surface area contributed by atoms with Gasteiger partial charge in [-0.15, -0.1) is 0 Å². The zero-order valence-corrected chi connectivity index (χ0v) is 8.53. The van der Waals surface area contributed by atoms with Crippen LogP contribution >= 0.6 is 0 Å². The molecule has 0 aliphatic carbocycles. The molecule has 2 N–H and O–H groups in total. The van der Waals surface area contributed by atoms with E-state index in [1.54, 1.807) is 24.3 Å². The summed E-state index contributed by atoms with van der Waals surface area (Å²) in [5.41, 5.74) is 0.323. The van der Waals surface area contributed by atoms with Gasteiger partial charge in [0, 0.05) is 7.05 Å². The number of hydrogen-bond donors (Lipinski definition) is 2. The van der Waals surface area contributed by atoms with Crippen molar-refractivity contribution in [2.75, 3.05) is 14.2 Å². The second kappa shape index (κ2) is 4.99. The van der Waals surface area contributed by atoms with Crippen molar-refractivity contribution in [1.29, 1.82) is 0 Å². The Morgan fingerprint density at radius 3 is 2.53 bits per heavy atom. The van der Waals surface area contributed by atoms with Gasteiger partial charge in [-0.25, -0.2) is 4.79 Å². The molecule has 15 heavy (non-hydrogen) atoms. The van der Waals surface area contributed by atoms with Crippen molar-refractivity contribution in [3.8, 4) is 5.75 Å². The Morgan fingerprint density at radius 1 is 1.27 bits per heavy atom. The Kier molecular flexibility index (Phi) is 3.68. The van der Waals surface area contributed by atoms with E-state index in [1.807, 2.05) is 0 Å². The van der Waals surface area contributed by atoms with E-state index in [4.69, 9.17) is 4.74 Å². The van der Waals surface area contributed by atoms with E-state index in [0.29, 0.717) is 11.3 Å². The summed E-state index contributed by atoms with van der Waals surface area (Å²) in [6, 6.07) is 6.12. The Bertz CT molecular complexity index is 377. The molecule has 0 aliphatic rings. The lowest BCUT2D eigenvalue weighted by molar-refractivity contribution is 0.0961. The van der Waals surface area contributed by atoms with E-state index >= 15 is 0 Å². The number of carbonyl (C=O) groups is 2. The third-order valence-corrected chi connectivity index (χ3v) is 1.81. The number of rotatable bonds is 2. The van der Waals surface area contributed by atoms with Crippen LogP contribution in [0.25, 0.3) is 0 Å². The third-order valence-electron chi connectivity index (χ3n) is 1.81. The summed E-state index contributed by atoms with van der Waals surface area (Å²) >= 11 is 0. The fraction of sp³-hybridized carbons (Fsp3) is 0.200. The first-order chi connectivity index (χ1) is 7.19. The van der Waals surface area contributed by atoms with Crippen LogP contribution in [0.5, 0.6) is 5.75 Å². The largest absolute Gasteiger partial charge is 0.496 e. The molecule has 5 heteroatoms. The molecule has 3 amide bonds. The van der Waals surface area contributed by atoms with Crippen molar-refractivity contribution >= 4 is 11.9 Å². The summed E-state index contributed by atoms with van der Waals surface area (Å²) in [6.45, 7) is 0. The lowest BCUT2D eigenvalue weighted by atomic mass is 10.2. The van der Waals surface area contributed by atoms with E-state index in [2.05, 4.69) is 10.6 Å². The summed E-state index contributed by atoms with van der Waals surface area (Å²) in [5, 5.41) is 4.44. The number of benzene rings is 1. The number of hydrogen-bond acceptors (Lipinski definition) is 3. The van der Waals surface area contributed by atoms with Crippen LogP contribution < -0.4 is 15.4 Å². The van der Waals surface area contributed by atoms with Crippen LogP contribution in [0.1, 0.15) is 10.4 Å². The van der Waals surface area contributed by atoms with Gasteiger partial charge >= 0.3 is 6.03 Å². The molecule has 0 aromatic heterocycles. The van der Waals surface area contributed by atoms with Gasteiger partial charge in [-0.05, 0) is 12.1 Å². The molecule has 0 fully saturated rings. The monoisotopic (exact) mass is 208 g/mol. The van der Waals surface area contributed by atoms with E-state index in [9.17, 15) is 9.59 Å². The molecular weight excluding hydrogens is 196 g/mol. The van der Waals surface area contributed by atoms with Crippen LogP contribution in [0, 0.1) is 0 Å². The Morgan fingerprint density at radius 2 is 1.93 bits per heavy atom. The molecule has 0 unspecified atom stereocenters. The molecule has 0 heterocycles. The third kappa shape index (κ3) is 2.70. The highest BCUT2D eigenvalue weighted by Crippen LogP contribution is 2.16. The molecular formula is C10H12N2O3. The smallest absolute Gasteiger partial charge is 0.321 e. The molecule has 0 atom stereocenters. The number of carbonyl (C=O) groups excluding carboxylic acids is 2. The SMILES string of the molecule is CNC(=O)NC(=O)c1ccccc1OC. The first-order valence-electron chi connectivity index (χ1n) is 4.35. The molecule has 1 aromatic rings. The van der Waals surface area contributed by atoms with Gasteiger partial charge in [-0.3, -0.25) is 10.1 Å². The average molecular weight is 208 g/mol. The molecule has 5 nitrogen and oxygen atoms in total. The number of methoxy groups -OCH3 is 1. The zero-order chi connectivity index (χ0) is 11.3. The minimum absolute atomic E-state index is 0.323. The van der Waals surface area contributed by atoms with Gasteiger partial charge in [-0.1, -0.05) is 12.1 Å². The molecule has 1 aromatic carbocycles.